The molecule has 2 unspecified atom stereocenters. The lowest BCUT2D eigenvalue weighted by Crippen LogP contribution is -2.46. The average Bonchev–Trinajstić information content (AvgIpc) is 3.47. The number of carbonyl (C=O) groups excluding carboxylic acids is 1. The molecule has 0 saturated carbocycles. The number of nitrogens with zero attached hydrogens (tertiary/aromatic N) is 3. The van der Waals surface area contributed by atoms with Crippen LogP contribution in [0.15, 0.2) is 217 Å². The van der Waals surface area contributed by atoms with Crippen molar-refractivity contribution in [3.8, 4) is 11.5 Å². The minimum atomic E-state index is -4.24. The van der Waals surface area contributed by atoms with Crippen LogP contribution < -0.4 is 20.5 Å². The number of hydrogen-bond acceptors (Lipinski definition) is 14. The fourth-order valence-electron chi connectivity index (χ4n) is 10.3. The highest BCUT2D eigenvalue weighted by molar-refractivity contribution is 8.13. The number of benzene rings is 7. The van der Waals surface area contributed by atoms with Crippen molar-refractivity contribution in [1.29, 1.82) is 0 Å². The van der Waals surface area contributed by atoms with Crippen LogP contribution in [0.25, 0.3) is 0 Å². The van der Waals surface area contributed by atoms with E-state index in [1.54, 1.807) is 27.3 Å². The minimum Gasteiger partial charge on any atom is -0.497 e. The second-order valence-corrected chi connectivity index (χ2v) is 24.1. The molecular formula is C65H69N4O11PS. The van der Waals surface area contributed by atoms with E-state index in [1.165, 1.54) is 17.8 Å². The highest BCUT2D eigenvalue weighted by Crippen LogP contribution is 2.53. The van der Waals surface area contributed by atoms with Crippen molar-refractivity contribution < 1.29 is 47.6 Å². The van der Waals surface area contributed by atoms with E-state index in [4.69, 9.17) is 28.0 Å². The van der Waals surface area contributed by atoms with E-state index in [0.29, 0.717) is 11.5 Å². The third-order valence-corrected chi connectivity index (χ3v) is 17.9. The first-order valence-electron chi connectivity index (χ1n) is 26.9. The van der Waals surface area contributed by atoms with Gasteiger partial charge in [-0.3, -0.25) is 18.4 Å². The minimum absolute atomic E-state index is 0.0572. The van der Waals surface area contributed by atoms with Crippen molar-refractivity contribution in [3.63, 3.8) is 0 Å². The number of aliphatic hydroxyl groups is 2. The Labute approximate surface area is 483 Å². The van der Waals surface area contributed by atoms with E-state index >= 15 is 4.57 Å². The normalized spacial score (nSPS) is 18.2. The van der Waals surface area contributed by atoms with Crippen LogP contribution in [-0.2, 0) is 45.6 Å². The first-order valence-corrected chi connectivity index (χ1v) is 29.4. The molecule has 3 N–H and O–H groups in total. The Morgan fingerprint density at radius 1 is 0.707 bits per heavy atom. The lowest BCUT2D eigenvalue weighted by molar-refractivity contribution is -0.124. The number of carbonyl (C=O) groups is 1. The molecule has 5 atom stereocenters. The first-order chi connectivity index (χ1) is 39.5. The predicted molar refractivity (Wildman–Crippen MR) is 319 cm³/mol. The van der Waals surface area contributed by atoms with Crippen LogP contribution in [0, 0.1) is 5.41 Å². The zero-order valence-corrected chi connectivity index (χ0v) is 48.5. The quantitative estimate of drug-likeness (QED) is 0.0279. The lowest BCUT2D eigenvalue weighted by Gasteiger charge is -2.38. The lowest BCUT2D eigenvalue weighted by atomic mass is 9.77. The Morgan fingerprint density at radius 3 is 1.65 bits per heavy atom. The maximum atomic E-state index is 15.0. The standard InChI is InChI=1S/C65H69N4O11PS/c1-62(2,46-77-65(51-26-16-9-17-27-51,52-28-18-10-19-29-52)53-30-20-11-21-31-53)60(71)82-43-42-78-81(74,68(4)44-47-22-12-7-13-23-47)79-45-56-58(70)63(3,73)59(80-56)69-41-40-57(66-61(69)72)67-64(48-24-14-8-15-25-48,49-32-36-54(75-5)37-33-49)50-34-38-55(76-6)39-35-50/h7-41,56,58-59,70,73H,42-46H2,1-6H3,(H,66,67,72)/t56-,58+,59-,63?,81?/m1/s1. The molecule has 17 heteroatoms. The van der Waals surface area contributed by atoms with Crippen LogP contribution in [0.2, 0.25) is 0 Å². The Bertz CT molecular complexity index is 3310. The topological polar surface area (TPSA) is 180 Å². The molecule has 1 aliphatic heterocycles. The summed E-state index contributed by atoms with van der Waals surface area (Å²) < 4.78 is 54.1. The van der Waals surface area contributed by atoms with E-state index < -0.39 is 60.6 Å². The highest BCUT2D eigenvalue weighted by atomic mass is 32.2. The number of thioether (sulfide) groups is 1. The molecule has 1 saturated heterocycles. The van der Waals surface area contributed by atoms with Gasteiger partial charge in [-0.1, -0.05) is 188 Å². The molecule has 9 rings (SSSR count). The molecule has 7 aromatic carbocycles. The van der Waals surface area contributed by atoms with Gasteiger partial charge in [0, 0.05) is 18.5 Å². The second-order valence-electron chi connectivity index (χ2n) is 20.9. The molecule has 426 valence electrons. The van der Waals surface area contributed by atoms with Crippen LogP contribution in [0.3, 0.4) is 0 Å². The molecule has 1 aromatic heterocycles. The molecule has 0 aliphatic carbocycles. The molecule has 1 fully saturated rings. The summed E-state index contributed by atoms with van der Waals surface area (Å²) >= 11 is 1.03. The maximum Gasteiger partial charge on any atom is 0.408 e. The summed E-state index contributed by atoms with van der Waals surface area (Å²) in [4.78, 5) is 32.9. The molecule has 0 radical (unpaired) electrons. The molecule has 1 aliphatic rings. The van der Waals surface area contributed by atoms with E-state index in [2.05, 4.69) is 10.3 Å². The zero-order valence-electron chi connectivity index (χ0n) is 46.7. The molecular weight excluding hydrogens is 1080 g/mol. The van der Waals surface area contributed by atoms with Gasteiger partial charge in [-0.15, -0.1) is 0 Å². The largest absolute Gasteiger partial charge is 0.497 e. The van der Waals surface area contributed by atoms with Crippen LogP contribution >= 0.6 is 19.5 Å². The van der Waals surface area contributed by atoms with Gasteiger partial charge in [0.1, 0.15) is 46.3 Å². The Morgan fingerprint density at radius 2 is 1.17 bits per heavy atom. The molecule has 15 nitrogen and oxygen atoms in total. The molecule has 82 heavy (non-hydrogen) atoms. The van der Waals surface area contributed by atoms with Crippen LogP contribution in [0.1, 0.15) is 65.9 Å². The summed E-state index contributed by atoms with van der Waals surface area (Å²) in [6, 6.07) is 65.7. The second kappa shape index (κ2) is 25.9. The number of aliphatic hydroxyl groups excluding tert-OH is 1. The molecule has 8 aromatic rings. The van der Waals surface area contributed by atoms with Crippen molar-refractivity contribution in [2.24, 2.45) is 5.41 Å². The van der Waals surface area contributed by atoms with E-state index in [9.17, 15) is 19.8 Å². The van der Waals surface area contributed by atoms with E-state index in [0.717, 1.165) is 55.3 Å². The van der Waals surface area contributed by atoms with Crippen molar-refractivity contribution >= 4 is 30.4 Å². The molecule has 2 heterocycles. The van der Waals surface area contributed by atoms with Gasteiger partial charge in [0.15, 0.2) is 11.3 Å². The van der Waals surface area contributed by atoms with Crippen molar-refractivity contribution in [3.05, 3.63) is 262 Å². The van der Waals surface area contributed by atoms with Gasteiger partial charge in [-0.2, -0.15) is 4.98 Å². The van der Waals surface area contributed by atoms with Gasteiger partial charge in [-0.25, -0.2) is 14.0 Å². The third-order valence-electron chi connectivity index (χ3n) is 14.8. The zero-order chi connectivity index (χ0) is 58.0. The van der Waals surface area contributed by atoms with E-state index in [1.807, 2.05) is 214 Å². The summed E-state index contributed by atoms with van der Waals surface area (Å²) in [6.45, 7) is 4.55. The van der Waals surface area contributed by atoms with Gasteiger partial charge < -0.3 is 34.5 Å². The van der Waals surface area contributed by atoms with E-state index in [-0.39, 0.29) is 36.4 Å². The summed E-state index contributed by atoms with van der Waals surface area (Å²) in [6.07, 6.45) is -2.95. The highest BCUT2D eigenvalue weighted by Gasteiger charge is 2.54. The predicted octanol–water partition coefficient (Wildman–Crippen LogP) is 11.2. The third kappa shape index (κ3) is 12.7. The summed E-state index contributed by atoms with van der Waals surface area (Å²) in [5.74, 6) is 1.63. The maximum absolute atomic E-state index is 15.0. The van der Waals surface area contributed by atoms with Crippen LogP contribution in [0.4, 0.5) is 5.82 Å². The van der Waals surface area contributed by atoms with Gasteiger partial charge in [0.2, 0.25) is 0 Å². The molecule has 0 spiro atoms. The number of aromatic nitrogens is 2. The number of hydrogen-bond donors (Lipinski definition) is 3. The molecule has 0 amide bonds. The summed E-state index contributed by atoms with van der Waals surface area (Å²) in [5, 5.41) is 27.0. The number of rotatable bonds is 25. The van der Waals surface area contributed by atoms with Gasteiger partial charge >= 0.3 is 13.4 Å². The number of methoxy groups -OCH3 is 2. The fraction of sp³-hybridized carbons (Fsp3) is 0.277. The van der Waals surface area contributed by atoms with Crippen LogP contribution in [0.5, 0.6) is 11.5 Å². The monoisotopic (exact) mass is 1140 g/mol. The smallest absolute Gasteiger partial charge is 0.408 e. The SMILES string of the molecule is COc1ccc(C(Nc2ccn([C@@H]3O[C@H](COP(=O)(OCCSC(=O)C(C)(C)COC(c4ccccc4)(c4ccccc4)c4ccccc4)N(C)Cc4ccccc4)[C@H](O)C3(C)O)c(=O)n2)(c2ccccc2)c2ccc(OC)cc2)cc1. The van der Waals surface area contributed by atoms with Crippen molar-refractivity contribution in [2.45, 2.75) is 62.5 Å². The summed E-state index contributed by atoms with van der Waals surface area (Å²) in [7, 11) is 0.545. The van der Waals surface area contributed by atoms with Gasteiger partial charge in [0.25, 0.3) is 0 Å². The molecule has 0 bridgehead atoms. The fourth-order valence-corrected chi connectivity index (χ4v) is 12.6. The Hall–Kier alpha value is -7.21. The van der Waals surface area contributed by atoms with Crippen LogP contribution in [-0.4, -0.2) is 94.2 Å². The Balaban J connectivity index is 0.907. The number of nitrogens with one attached hydrogen (secondary N) is 1. The summed E-state index contributed by atoms with van der Waals surface area (Å²) in [5.41, 5.74) is 0.0267. The first kappa shape index (κ1) is 59.4. The Kier molecular flexibility index (Phi) is 18.8. The number of ether oxygens (including phenoxy) is 4. The van der Waals surface area contributed by atoms with Crippen molar-refractivity contribution in [1.82, 2.24) is 14.2 Å². The van der Waals surface area contributed by atoms with Crippen molar-refractivity contribution in [2.75, 3.05) is 52.2 Å². The van der Waals surface area contributed by atoms with Gasteiger partial charge in [0.05, 0.1) is 39.5 Å². The number of anilines is 1. The average molecular weight is 1150 g/mol. The van der Waals surface area contributed by atoms with Gasteiger partial charge in [-0.05, 0) is 97.1 Å².